The van der Waals surface area contributed by atoms with Crippen LogP contribution in [0.25, 0.3) is 6.08 Å². The molecule has 76 valence electrons. The second kappa shape index (κ2) is 4.82. The Bertz CT molecular complexity index is 444. The van der Waals surface area contributed by atoms with E-state index in [-0.39, 0.29) is 11.3 Å². The Balaban J connectivity index is 2.98. The maximum Gasteiger partial charge on any atom is 0.337 e. The lowest BCUT2D eigenvalue weighted by atomic mass is 10.1. The van der Waals surface area contributed by atoms with Gasteiger partial charge in [0.25, 0.3) is 0 Å². The largest absolute Gasteiger partial charge is 0.478 e. The zero-order valence-corrected chi connectivity index (χ0v) is 7.97. The van der Waals surface area contributed by atoms with Crippen LogP contribution in [0, 0.1) is 11.3 Å². The van der Waals surface area contributed by atoms with Crippen LogP contribution in [0.15, 0.2) is 24.3 Å². The molecule has 0 unspecified atom stereocenters. The molecule has 4 nitrogen and oxygen atoms in total. The van der Waals surface area contributed by atoms with E-state index in [1.54, 1.807) is 18.2 Å². The monoisotopic (exact) mass is 202 g/mol. The molecule has 1 rings (SSSR count). The highest BCUT2D eigenvalue weighted by Crippen LogP contribution is 2.15. The molecule has 0 spiro atoms. The predicted molar refractivity (Wildman–Crippen MR) is 57.1 cm³/mol. The van der Waals surface area contributed by atoms with Crippen molar-refractivity contribution in [1.82, 2.24) is 0 Å². The topological polar surface area (TPSA) is 87.1 Å². The minimum atomic E-state index is -1.05. The van der Waals surface area contributed by atoms with Gasteiger partial charge in [-0.2, -0.15) is 5.26 Å². The van der Waals surface area contributed by atoms with Crippen LogP contribution in [0.2, 0.25) is 0 Å². The molecule has 0 bridgehead atoms. The van der Waals surface area contributed by atoms with E-state index in [9.17, 15) is 4.79 Å². The van der Waals surface area contributed by atoms with E-state index < -0.39 is 5.97 Å². The summed E-state index contributed by atoms with van der Waals surface area (Å²) in [5.74, 6) is -1.05. The van der Waals surface area contributed by atoms with Crippen molar-refractivity contribution in [3.63, 3.8) is 0 Å². The van der Waals surface area contributed by atoms with Crippen LogP contribution in [-0.4, -0.2) is 11.1 Å². The quantitative estimate of drug-likeness (QED) is 0.732. The van der Waals surface area contributed by atoms with Gasteiger partial charge in [-0.3, -0.25) is 0 Å². The van der Waals surface area contributed by atoms with Crippen molar-refractivity contribution in [3.8, 4) is 6.07 Å². The van der Waals surface area contributed by atoms with Crippen LogP contribution in [0.3, 0.4) is 0 Å². The summed E-state index contributed by atoms with van der Waals surface area (Å²) in [6, 6.07) is 6.68. The minimum absolute atomic E-state index is 0.0779. The van der Waals surface area contributed by atoms with E-state index in [1.165, 1.54) is 12.1 Å². The van der Waals surface area contributed by atoms with Crippen LogP contribution >= 0.6 is 0 Å². The lowest BCUT2D eigenvalue weighted by molar-refractivity contribution is 0.0698. The third-order valence-corrected chi connectivity index (χ3v) is 1.83. The Morgan fingerprint density at radius 2 is 2.33 bits per heavy atom. The molecule has 0 amide bonds. The number of hydrogen-bond acceptors (Lipinski definition) is 3. The van der Waals surface area contributed by atoms with Crippen LogP contribution in [-0.2, 0) is 0 Å². The third kappa shape index (κ3) is 2.85. The Labute approximate surface area is 87.3 Å². The molecule has 0 aromatic heterocycles. The van der Waals surface area contributed by atoms with Gasteiger partial charge in [0, 0.05) is 5.69 Å². The second-order valence-corrected chi connectivity index (χ2v) is 2.92. The molecule has 0 aliphatic carbocycles. The van der Waals surface area contributed by atoms with Crippen LogP contribution in [0.5, 0.6) is 0 Å². The summed E-state index contributed by atoms with van der Waals surface area (Å²) in [6.07, 6.45) is 3.65. The van der Waals surface area contributed by atoms with Crippen molar-refractivity contribution < 1.29 is 9.90 Å². The number of benzene rings is 1. The Morgan fingerprint density at radius 1 is 1.60 bits per heavy atom. The number of nitriles is 1. The average molecular weight is 202 g/mol. The molecule has 1 aromatic rings. The summed E-state index contributed by atoms with van der Waals surface area (Å²) in [7, 11) is 0. The van der Waals surface area contributed by atoms with Crippen molar-refractivity contribution in [3.05, 3.63) is 35.4 Å². The molecule has 0 atom stereocenters. The number of anilines is 1. The summed E-state index contributed by atoms with van der Waals surface area (Å²) in [6.45, 7) is 0. The van der Waals surface area contributed by atoms with Crippen molar-refractivity contribution >= 4 is 17.7 Å². The summed E-state index contributed by atoms with van der Waals surface area (Å²) in [5.41, 5.74) is 6.52. The SMILES string of the molecule is N#CCC=Cc1ccc(N)c(C(=O)O)c1. The van der Waals surface area contributed by atoms with Crippen LogP contribution < -0.4 is 5.73 Å². The molecular formula is C11H10N2O2. The maximum absolute atomic E-state index is 10.7. The summed E-state index contributed by atoms with van der Waals surface area (Å²) >= 11 is 0. The molecular weight excluding hydrogens is 192 g/mol. The normalized spacial score (nSPS) is 10.1. The first-order chi connectivity index (χ1) is 7.15. The molecule has 0 radical (unpaired) electrons. The number of aromatic carboxylic acids is 1. The van der Waals surface area contributed by atoms with Gasteiger partial charge in [0.2, 0.25) is 0 Å². The lowest BCUT2D eigenvalue weighted by Crippen LogP contribution is -2.02. The molecule has 0 aliphatic rings. The number of nitrogens with two attached hydrogens (primary N) is 1. The number of hydrogen-bond donors (Lipinski definition) is 2. The van der Waals surface area contributed by atoms with Gasteiger partial charge in [-0.15, -0.1) is 0 Å². The van der Waals surface area contributed by atoms with E-state index >= 15 is 0 Å². The maximum atomic E-state index is 10.7. The number of carboxylic acids is 1. The molecule has 0 saturated heterocycles. The smallest absolute Gasteiger partial charge is 0.337 e. The summed E-state index contributed by atoms with van der Waals surface area (Å²) < 4.78 is 0. The molecule has 0 aliphatic heterocycles. The second-order valence-electron chi connectivity index (χ2n) is 2.92. The van der Waals surface area contributed by atoms with Crippen molar-refractivity contribution in [1.29, 1.82) is 5.26 Å². The van der Waals surface area contributed by atoms with Gasteiger partial charge >= 0.3 is 5.97 Å². The standard InChI is InChI=1S/C11H10N2O2/c12-6-2-1-3-8-4-5-10(13)9(7-8)11(14)15/h1,3-5,7H,2,13H2,(H,14,15). The van der Waals surface area contributed by atoms with Gasteiger partial charge in [0.15, 0.2) is 0 Å². The first-order valence-electron chi connectivity index (χ1n) is 4.31. The summed E-state index contributed by atoms with van der Waals surface area (Å²) in [4.78, 5) is 10.7. The molecule has 15 heavy (non-hydrogen) atoms. The molecule has 3 N–H and O–H groups in total. The Hall–Kier alpha value is -2.28. The van der Waals surface area contributed by atoms with Gasteiger partial charge in [-0.25, -0.2) is 4.79 Å². The highest BCUT2D eigenvalue weighted by Gasteiger charge is 2.06. The van der Waals surface area contributed by atoms with Gasteiger partial charge in [0.05, 0.1) is 18.1 Å². The number of carboxylic acid groups (broad SMARTS) is 1. The molecule has 4 heteroatoms. The fourth-order valence-corrected chi connectivity index (χ4v) is 1.11. The number of rotatable bonds is 3. The lowest BCUT2D eigenvalue weighted by Gasteiger charge is -2.01. The third-order valence-electron chi connectivity index (χ3n) is 1.83. The van der Waals surface area contributed by atoms with Crippen molar-refractivity contribution in [2.24, 2.45) is 0 Å². The number of carbonyl (C=O) groups is 1. The van der Waals surface area contributed by atoms with Gasteiger partial charge in [-0.1, -0.05) is 18.2 Å². The highest BCUT2D eigenvalue weighted by molar-refractivity contribution is 5.94. The highest BCUT2D eigenvalue weighted by atomic mass is 16.4. The molecule has 0 fully saturated rings. The number of nitrogen functional groups attached to an aromatic ring is 1. The first kappa shape index (κ1) is 10.8. The van der Waals surface area contributed by atoms with Crippen LogP contribution in [0.1, 0.15) is 22.3 Å². The minimum Gasteiger partial charge on any atom is -0.478 e. The fraction of sp³-hybridized carbons (Fsp3) is 0.0909. The van der Waals surface area contributed by atoms with Gasteiger partial charge in [0.1, 0.15) is 0 Å². The average Bonchev–Trinajstić information content (AvgIpc) is 2.20. The van der Waals surface area contributed by atoms with E-state index in [0.29, 0.717) is 6.42 Å². The zero-order valence-electron chi connectivity index (χ0n) is 7.97. The molecule has 1 aromatic carbocycles. The Kier molecular flexibility index (Phi) is 3.47. The molecule has 0 heterocycles. The van der Waals surface area contributed by atoms with E-state index in [0.717, 1.165) is 5.56 Å². The van der Waals surface area contributed by atoms with Crippen molar-refractivity contribution in [2.75, 3.05) is 5.73 Å². The predicted octanol–water partition coefficient (Wildman–Crippen LogP) is 1.89. The fourth-order valence-electron chi connectivity index (χ4n) is 1.11. The van der Waals surface area contributed by atoms with E-state index in [1.807, 2.05) is 6.07 Å². The van der Waals surface area contributed by atoms with Crippen molar-refractivity contribution in [2.45, 2.75) is 6.42 Å². The van der Waals surface area contributed by atoms with Gasteiger partial charge in [-0.05, 0) is 17.7 Å². The Morgan fingerprint density at radius 3 is 2.93 bits per heavy atom. The first-order valence-corrected chi connectivity index (χ1v) is 4.31. The molecule has 0 saturated carbocycles. The van der Waals surface area contributed by atoms with Gasteiger partial charge < -0.3 is 10.8 Å². The van der Waals surface area contributed by atoms with E-state index in [4.69, 9.17) is 16.1 Å². The van der Waals surface area contributed by atoms with E-state index in [2.05, 4.69) is 0 Å². The van der Waals surface area contributed by atoms with Crippen LogP contribution in [0.4, 0.5) is 5.69 Å². The number of allylic oxidation sites excluding steroid dienone is 1. The number of nitrogens with zero attached hydrogens (tertiary/aromatic N) is 1. The zero-order chi connectivity index (χ0) is 11.3. The summed E-state index contributed by atoms with van der Waals surface area (Å²) in [5, 5.41) is 17.1.